The Hall–Kier alpha value is -0.120. The standard InChI is InChI=1S/C9H19NO2/c1-11-4-5-12-7-9(10)6-8-2-3-8/h8-9H,2-7,10H2,1H3. The number of hydrogen-bond donors (Lipinski definition) is 1. The summed E-state index contributed by atoms with van der Waals surface area (Å²) >= 11 is 0. The zero-order valence-electron chi connectivity index (χ0n) is 7.79. The fourth-order valence-electron chi connectivity index (χ4n) is 1.23. The normalized spacial score (nSPS) is 19.5. The summed E-state index contributed by atoms with van der Waals surface area (Å²) in [7, 11) is 1.67. The molecule has 1 saturated carbocycles. The third-order valence-corrected chi connectivity index (χ3v) is 2.10. The van der Waals surface area contributed by atoms with Crippen molar-refractivity contribution in [1.82, 2.24) is 0 Å². The van der Waals surface area contributed by atoms with Crippen LogP contribution in [-0.2, 0) is 9.47 Å². The van der Waals surface area contributed by atoms with Crippen LogP contribution in [0, 0.1) is 5.92 Å². The average Bonchev–Trinajstić information content (AvgIpc) is 2.82. The van der Waals surface area contributed by atoms with Gasteiger partial charge in [0.1, 0.15) is 0 Å². The molecule has 3 nitrogen and oxygen atoms in total. The van der Waals surface area contributed by atoms with E-state index in [0.29, 0.717) is 19.8 Å². The van der Waals surface area contributed by atoms with E-state index >= 15 is 0 Å². The summed E-state index contributed by atoms with van der Waals surface area (Å²) < 4.78 is 10.2. The lowest BCUT2D eigenvalue weighted by Gasteiger charge is -2.10. The van der Waals surface area contributed by atoms with Crippen LogP contribution in [0.1, 0.15) is 19.3 Å². The molecule has 72 valence electrons. The van der Waals surface area contributed by atoms with Crippen LogP contribution in [0.2, 0.25) is 0 Å². The third kappa shape index (κ3) is 4.70. The Morgan fingerprint density at radius 2 is 2.17 bits per heavy atom. The van der Waals surface area contributed by atoms with Gasteiger partial charge in [-0.15, -0.1) is 0 Å². The lowest BCUT2D eigenvalue weighted by Crippen LogP contribution is -2.27. The first-order chi connectivity index (χ1) is 5.83. The van der Waals surface area contributed by atoms with Crippen LogP contribution in [0.25, 0.3) is 0 Å². The Morgan fingerprint density at radius 3 is 2.75 bits per heavy atom. The first-order valence-corrected chi connectivity index (χ1v) is 4.65. The van der Waals surface area contributed by atoms with E-state index in [1.54, 1.807) is 7.11 Å². The number of methoxy groups -OCH3 is 1. The smallest absolute Gasteiger partial charge is 0.0701 e. The van der Waals surface area contributed by atoms with Crippen LogP contribution in [0.3, 0.4) is 0 Å². The van der Waals surface area contributed by atoms with Crippen molar-refractivity contribution in [2.24, 2.45) is 11.7 Å². The summed E-state index contributed by atoms with van der Waals surface area (Å²) in [6.45, 7) is 2.00. The molecule has 2 N–H and O–H groups in total. The molecule has 1 rings (SSSR count). The molecule has 0 aliphatic heterocycles. The molecule has 0 spiro atoms. The highest BCUT2D eigenvalue weighted by molar-refractivity contribution is 4.78. The van der Waals surface area contributed by atoms with Crippen molar-refractivity contribution >= 4 is 0 Å². The van der Waals surface area contributed by atoms with Crippen LogP contribution in [0.15, 0.2) is 0 Å². The second-order valence-corrected chi connectivity index (χ2v) is 3.51. The van der Waals surface area contributed by atoms with E-state index in [1.807, 2.05) is 0 Å². The van der Waals surface area contributed by atoms with Gasteiger partial charge in [-0.1, -0.05) is 12.8 Å². The molecular weight excluding hydrogens is 154 g/mol. The fraction of sp³-hybridized carbons (Fsp3) is 1.00. The van der Waals surface area contributed by atoms with Gasteiger partial charge in [-0.2, -0.15) is 0 Å². The maximum atomic E-state index is 5.83. The Morgan fingerprint density at radius 1 is 1.42 bits per heavy atom. The zero-order chi connectivity index (χ0) is 8.81. The number of rotatable bonds is 7. The molecule has 1 unspecified atom stereocenters. The summed E-state index contributed by atoms with van der Waals surface area (Å²) in [5.74, 6) is 0.894. The van der Waals surface area contributed by atoms with Crippen LogP contribution in [0.5, 0.6) is 0 Å². The second-order valence-electron chi connectivity index (χ2n) is 3.51. The van der Waals surface area contributed by atoms with Gasteiger partial charge in [0, 0.05) is 13.2 Å². The summed E-state index contributed by atoms with van der Waals surface area (Å²) in [6, 6.07) is 0.231. The van der Waals surface area contributed by atoms with Crippen LogP contribution in [-0.4, -0.2) is 33.0 Å². The first-order valence-electron chi connectivity index (χ1n) is 4.65. The van der Waals surface area contributed by atoms with Crippen LogP contribution >= 0.6 is 0 Å². The largest absolute Gasteiger partial charge is 0.382 e. The van der Waals surface area contributed by atoms with Gasteiger partial charge in [0.15, 0.2) is 0 Å². The van der Waals surface area contributed by atoms with Crippen molar-refractivity contribution in [3.05, 3.63) is 0 Å². The summed E-state index contributed by atoms with van der Waals surface area (Å²) in [4.78, 5) is 0. The van der Waals surface area contributed by atoms with Gasteiger partial charge in [-0.3, -0.25) is 0 Å². The van der Waals surface area contributed by atoms with Gasteiger partial charge >= 0.3 is 0 Å². The molecular formula is C9H19NO2. The fourth-order valence-corrected chi connectivity index (χ4v) is 1.23. The van der Waals surface area contributed by atoms with Crippen molar-refractivity contribution in [3.8, 4) is 0 Å². The highest BCUT2D eigenvalue weighted by Gasteiger charge is 2.23. The van der Waals surface area contributed by atoms with Gasteiger partial charge in [0.05, 0.1) is 19.8 Å². The molecule has 1 aliphatic carbocycles. The molecule has 0 saturated heterocycles. The van der Waals surface area contributed by atoms with E-state index in [1.165, 1.54) is 12.8 Å². The van der Waals surface area contributed by atoms with Gasteiger partial charge in [-0.25, -0.2) is 0 Å². The molecule has 0 aromatic heterocycles. The number of ether oxygens (including phenoxy) is 2. The lowest BCUT2D eigenvalue weighted by molar-refractivity contribution is 0.0620. The van der Waals surface area contributed by atoms with E-state index in [-0.39, 0.29) is 6.04 Å². The summed E-state index contributed by atoms with van der Waals surface area (Å²) in [5, 5.41) is 0. The van der Waals surface area contributed by atoms with E-state index < -0.39 is 0 Å². The van der Waals surface area contributed by atoms with E-state index in [4.69, 9.17) is 15.2 Å². The third-order valence-electron chi connectivity index (χ3n) is 2.10. The monoisotopic (exact) mass is 173 g/mol. The Bertz CT molecular complexity index is 115. The number of nitrogens with two attached hydrogens (primary N) is 1. The Balaban J connectivity index is 1.83. The van der Waals surface area contributed by atoms with Gasteiger partial charge in [0.2, 0.25) is 0 Å². The highest BCUT2D eigenvalue weighted by Crippen LogP contribution is 2.32. The number of hydrogen-bond acceptors (Lipinski definition) is 3. The molecule has 0 aromatic rings. The molecule has 0 amide bonds. The van der Waals surface area contributed by atoms with E-state index in [0.717, 1.165) is 12.3 Å². The molecule has 0 aromatic carbocycles. The predicted molar refractivity (Wildman–Crippen MR) is 48.0 cm³/mol. The topological polar surface area (TPSA) is 44.5 Å². The van der Waals surface area contributed by atoms with Gasteiger partial charge in [0.25, 0.3) is 0 Å². The van der Waals surface area contributed by atoms with Crippen molar-refractivity contribution in [2.75, 3.05) is 26.9 Å². The zero-order valence-corrected chi connectivity index (χ0v) is 7.79. The molecule has 3 heteroatoms. The van der Waals surface area contributed by atoms with Crippen molar-refractivity contribution < 1.29 is 9.47 Å². The van der Waals surface area contributed by atoms with E-state index in [9.17, 15) is 0 Å². The molecule has 0 bridgehead atoms. The van der Waals surface area contributed by atoms with Gasteiger partial charge in [-0.05, 0) is 12.3 Å². The van der Waals surface area contributed by atoms with Crippen LogP contribution < -0.4 is 5.73 Å². The summed E-state index contributed by atoms with van der Waals surface area (Å²) in [6.07, 6.45) is 3.87. The predicted octanol–water partition coefficient (Wildman–Crippen LogP) is 0.777. The van der Waals surface area contributed by atoms with Crippen molar-refractivity contribution in [2.45, 2.75) is 25.3 Å². The average molecular weight is 173 g/mol. The van der Waals surface area contributed by atoms with E-state index in [2.05, 4.69) is 0 Å². The first kappa shape index (κ1) is 9.96. The molecule has 1 fully saturated rings. The maximum absolute atomic E-state index is 5.83. The Kier molecular flexibility index (Phi) is 4.58. The van der Waals surface area contributed by atoms with Gasteiger partial charge < -0.3 is 15.2 Å². The minimum atomic E-state index is 0.231. The molecule has 12 heavy (non-hydrogen) atoms. The van der Waals surface area contributed by atoms with Crippen molar-refractivity contribution in [1.29, 1.82) is 0 Å². The minimum absolute atomic E-state index is 0.231. The minimum Gasteiger partial charge on any atom is -0.382 e. The molecule has 0 heterocycles. The molecule has 1 aliphatic rings. The Labute approximate surface area is 74.2 Å². The highest BCUT2D eigenvalue weighted by atomic mass is 16.5. The van der Waals surface area contributed by atoms with Crippen LogP contribution in [0.4, 0.5) is 0 Å². The molecule has 0 radical (unpaired) electrons. The summed E-state index contributed by atoms with van der Waals surface area (Å²) in [5.41, 5.74) is 5.83. The maximum Gasteiger partial charge on any atom is 0.0701 e. The molecule has 1 atom stereocenters. The quantitative estimate of drug-likeness (QED) is 0.578. The van der Waals surface area contributed by atoms with Crippen molar-refractivity contribution in [3.63, 3.8) is 0 Å². The SMILES string of the molecule is COCCOCC(N)CC1CC1. The lowest BCUT2D eigenvalue weighted by atomic mass is 10.2. The second kappa shape index (κ2) is 5.51.